The van der Waals surface area contributed by atoms with Crippen LogP contribution in [0.2, 0.25) is 0 Å². The van der Waals surface area contributed by atoms with Crippen LogP contribution in [0.5, 0.6) is 5.75 Å². The van der Waals surface area contributed by atoms with Crippen LogP contribution < -0.4 is 15.0 Å². The number of aliphatic imine (C=N–C) groups is 1. The zero-order valence-corrected chi connectivity index (χ0v) is 16.1. The summed E-state index contributed by atoms with van der Waals surface area (Å²) < 4.78 is 40.9. The average molecular weight is 458 g/mol. The summed E-state index contributed by atoms with van der Waals surface area (Å²) in [7, 11) is 5.52. The van der Waals surface area contributed by atoms with Gasteiger partial charge in [0.2, 0.25) is 0 Å². The molecule has 9 heteroatoms. The van der Waals surface area contributed by atoms with Crippen LogP contribution in [0.25, 0.3) is 0 Å². The molecule has 1 atom stereocenters. The predicted octanol–water partition coefficient (Wildman–Crippen LogP) is 2.92. The van der Waals surface area contributed by atoms with Crippen molar-refractivity contribution in [1.29, 1.82) is 0 Å². The number of guanidine groups is 1. The minimum Gasteiger partial charge on any atom is -0.406 e. The minimum atomic E-state index is -4.67. The molecule has 1 aliphatic rings. The van der Waals surface area contributed by atoms with Crippen LogP contribution in [0.15, 0.2) is 29.3 Å². The molecule has 0 aromatic heterocycles. The molecule has 0 radical (unpaired) electrons. The van der Waals surface area contributed by atoms with Crippen molar-refractivity contribution in [3.05, 3.63) is 24.3 Å². The monoisotopic (exact) mass is 458 g/mol. The van der Waals surface area contributed by atoms with Gasteiger partial charge in [0.1, 0.15) is 5.75 Å². The molecule has 0 spiro atoms. The third kappa shape index (κ3) is 5.91. The Morgan fingerprint density at radius 1 is 1.38 bits per heavy atom. The highest BCUT2D eigenvalue weighted by Gasteiger charge is 2.31. The molecule has 24 heavy (non-hydrogen) atoms. The Balaban J connectivity index is 0.00000288. The molecule has 1 unspecified atom stereocenters. The first-order valence-corrected chi connectivity index (χ1v) is 7.30. The SMILES string of the molecule is CN=C(NC1CCN(c2cccc(OC(F)(F)F)c2)C1)N(C)C.I. The number of rotatable bonds is 3. The average Bonchev–Trinajstić information content (AvgIpc) is 2.91. The Bertz CT molecular complexity index is 566. The van der Waals surface area contributed by atoms with Gasteiger partial charge in [0.05, 0.1) is 0 Å². The first-order valence-electron chi connectivity index (χ1n) is 7.30. The standard InChI is InChI=1S/C15H21F3N4O.HI/c1-19-14(21(2)3)20-11-7-8-22(10-11)12-5-4-6-13(9-12)23-15(16,17)18;/h4-6,9,11H,7-8,10H2,1-3H3,(H,19,20);1H. The zero-order chi connectivity index (χ0) is 17.0. The van der Waals surface area contributed by atoms with Gasteiger partial charge in [0, 0.05) is 52.0 Å². The van der Waals surface area contributed by atoms with Crippen LogP contribution in [0, 0.1) is 0 Å². The largest absolute Gasteiger partial charge is 0.573 e. The van der Waals surface area contributed by atoms with Crippen LogP contribution in [-0.4, -0.2) is 57.5 Å². The van der Waals surface area contributed by atoms with Crippen molar-refractivity contribution >= 4 is 35.6 Å². The maximum Gasteiger partial charge on any atom is 0.573 e. The molecule has 1 saturated heterocycles. The van der Waals surface area contributed by atoms with Crippen LogP contribution in [-0.2, 0) is 0 Å². The van der Waals surface area contributed by atoms with Crippen molar-refractivity contribution in [2.75, 3.05) is 39.1 Å². The van der Waals surface area contributed by atoms with Gasteiger partial charge in [0.15, 0.2) is 5.96 Å². The second kappa shape index (κ2) is 8.63. The summed E-state index contributed by atoms with van der Waals surface area (Å²) in [6.45, 7) is 1.46. The number of ether oxygens (including phenoxy) is 1. The molecule has 1 heterocycles. The number of benzene rings is 1. The lowest BCUT2D eigenvalue weighted by atomic mass is 10.2. The Hall–Kier alpha value is -1.39. The van der Waals surface area contributed by atoms with Gasteiger partial charge >= 0.3 is 6.36 Å². The van der Waals surface area contributed by atoms with E-state index in [1.165, 1.54) is 12.1 Å². The van der Waals surface area contributed by atoms with Crippen LogP contribution in [0.3, 0.4) is 0 Å². The fourth-order valence-electron chi connectivity index (χ4n) is 2.57. The van der Waals surface area contributed by atoms with Crippen molar-refractivity contribution in [3.63, 3.8) is 0 Å². The van der Waals surface area contributed by atoms with E-state index in [4.69, 9.17) is 0 Å². The second-order valence-corrected chi connectivity index (χ2v) is 5.56. The van der Waals surface area contributed by atoms with E-state index < -0.39 is 6.36 Å². The predicted molar refractivity (Wildman–Crippen MR) is 99.3 cm³/mol. The molecule has 0 amide bonds. The van der Waals surface area contributed by atoms with Crippen LogP contribution >= 0.6 is 24.0 Å². The Morgan fingerprint density at radius 3 is 2.67 bits per heavy atom. The second-order valence-electron chi connectivity index (χ2n) is 5.56. The van der Waals surface area contributed by atoms with Crippen molar-refractivity contribution < 1.29 is 17.9 Å². The van der Waals surface area contributed by atoms with E-state index in [9.17, 15) is 13.2 Å². The Labute approximate surface area is 156 Å². The molecule has 1 aromatic rings. The van der Waals surface area contributed by atoms with Crippen LogP contribution in [0.1, 0.15) is 6.42 Å². The normalized spacial score (nSPS) is 18.2. The van der Waals surface area contributed by atoms with Gasteiger partial charge in [-0.15, -0.1) is 37.1 Å². The van der Waals surface area contributed by atoms with Crippen LogP contribution in [0.4, 0.5) is 18.9 Å². The van der Waals surface area contributed by atoms with Gasteiger partial charge in [-0.3, -0.25) is 4.99 Å². The molecule has 1 N–H and O–H groups in total. The van der Waals surface area contributed by atoms with Crippen molar-refractivity contribution in [2.24, 2.45) is 4.99 Å². The molecular formula is C15H22F3IN4O. The highest BCUT2D eigenvalue weighted by molar-refractivity contribution is 14.0. The molecule has 0 bridgehead atoms. The molecule has 136 valence electrons. The van der Waals surface area contributed by atoms with Crippen molar-refractivity contribution in [3.8, 4) is 5.75 Å². The zero-order valence-electron chi connectivity index (χ0n) is 13.8. The minimum absolute atomic E-state index is 0. The first-order chi connectivity index (χ1) is 10.8. The van der Waals surface area contributed by atoms with Crippen molar-refractivity contribution in [2.45, 2.75) is 18.8 Å². The fraction of sp³-hybridized carbons (Fsp3) is 0.533. The summed E-state index contributed by atoms with van der Waals surface area (Å²) in [6.07, 6.45) is -3.79. The van der Waals surface area contributed by atoms with Gasteiger partial charge in [-0.25, -0.2) is 0 Å². The van der Waals surface area contributed by atoms with E-state index in [-0.39, 0.29) is 35.8 Å². The van der Waals surface area contributed by atoms with E-state index >= 15 is 0 Å². The quantitative estimate of drug-likeness (QED) is 0.430. The molecule has 5 nitrogen and oxygen atoms in total. The number of halogens is 4. The number of hydrogen-bond acceptors (Lipinski definition) is 3. The lowest BCUT2D eigenvalue weighted by Crippen LogP contribution is -2.43. The molecule has 2 rings (SSSR count). The Morgan fingerprint density at radius 2 is 2.08 bits per heavy atom. The van der Waals surface area contributed by atoms with Gasteiger partial charge < -0.3 is 19.9 Å². The number of anilines is 1. The van der Waals surface area contributed by atoms with Gasteiger partial charge in [-0.2, -0.15) is 0 Å². The van der Waals surface area contributed by atoms with E-state index in [0.29, 0.717) is 6.54 Å². The third-order valence-electron chi connectivity index (χ3n) is 3.57. The number of alkyl halides is 3. The molecule has 1 aliphatic heterocycles. The Kier molecular flexibility index (Phi) is 7.43. The van der Waals surface area contributed by atoms with E-state index in [0.717, 1.165) is 24.6 Å². The number of nitrogens with one attached hydrogen (secondary N) is 1. The lowest BCUT2D eigenvalue weighted by molar-refractivity contribution is -0.274. The van der Waals surface area contributed by atoms with E-state index in [1.807, 2.05) is 23.9 Å². The summed E-state index contributed by atoms with van der Waals surface area (Å²) >= 11 is 0. The highest BCUT2D eigenvalue weighted by Crippen LogP contribution is 2.28. The summed E-state index contributed by atoms with van der Waals surface area (Å²) in [5, 5.41) is 3.34. The number of hydrogen-bond donors (Lipinski definition) is 1. The summed E-state index contributed by atoms with van der Waals surface area (Å²) in [6, 6.07) is 6.26. The molecular weight excluding hydrogens is 436 g/mol. The van der Waals surface area contributed by atoms with Gasteiger partial charge in [0.25, 0.3) is 0 Å². The molecule has 0 saturated carbocycles. The van der Waals surface area contributed by atoms with Gasteiger partial charge in [-0.05, 0) is 18.6 Å². The van der Waals surface area contributed by atoms with Gasteiger partial charge in [-0.1, -0.05) is 6.07 Å². The fourth-order valence-corrected chi connectivity index (χ4v) is 2.57. The molecule has 1 fully saturated rings. The number of nitrogens with zero attached hydrogens (tertiary/aromatic N) is 3. The maximum atomic E-state index is 12.3. The first kappa shape index (κ1) is 20.7. The third-order valence-corrected chi connectivity index (χ3v) is 3.57. The summed E-state index contributed by atoms with van der Waals surface area (Å²) in [5.41, 5.74) is 0.718. The smallest absolute Gasteiger partial charge is 0.406 e. The maximum absolute atomic E-state index is 12.3. The van der Waals surface area contributed by atoms with Crippen molar-refractivity contribution in [1.82, 2.24) is 10.2 Å². The molecule has 0 aliphatic carbocycles. The topological polar surface area (TPSA) is 40.1 Å². The highest BCUT2D eigenvalue weighted by atomic mass is 127. The lowest BCUT2D eigenvalue weighted by Gasteiger charge is -2.23. The van der Waals surface area contributed by atoms with E-state index in [2.05, 4.69) is 15.0 Å². The summed E-state index contributed by atoms with van der Waals surface area (Å²) in [4.78, 5) is 8.09. The summed E-state index contributed by atoms with van der Waals surface area (Å²) in [5.74, 6) is 0.585. The molecule has 1 aromatic carbocycles. The van der Waals surface area contributed by atoms with E-state index in [1.54, 1.807) is 19.2 Å².